The Balaban J connectivity index is 2.24. The second-order valence-electron chi connectivity index (χ2n) is 5.55. The lowest BCUT2D eigenvalue weighted by atomic mass is 9.93. The molecule has 0 bridgehead atoms. The molecule has 0 radical (unpaired) electrons. The molecule has 0 aromatic carbocycles. The minimum atomic E-state index is -0.114. The zero-order valence-electron chi connectivity index (χ0n) is 10.7. The summed E-state index contributed by atoms with van der Waals surface area (Å²) in [5.74, 6) is 0.669. The molecule has 0 spiro atoms. The summed E-state index contributed by atoms with van der Waals surface area (Å²) < 4.78 is 0. The van der Waals surface area contributed by atoms with Crippen LogP contribution >= 0.6 is 11.6 Å². The quantitative estimate of drug-likeness (QED) is 0.773. The molecule has 0 unspecified atom stereocenters. The van der Waals surface area contributed by atoms with E-state index < -0.39 is 0 Å². The van der Waals surface area contributed by atoms with Crippen LogP contribution in [0.2, 0.25) is 5.15 Å². The number of anilines is 1. The lowest BCUT2D eigenvalue weighted by Crippen LogP contribution is -2.31. The zero-order valence-corrected chi connectivity index (χ0v) is 11.5. The maximum absolute atomic E-state index is 6.19. The van der Waals surface area contributed by atoms with E-state index in [1.54, 1.807) is 0 Å². The lowest BCUT2D eigenvalue weighted by Gasteiger charge is -2.27. The Labute approximate surface area is 107 Å². The summed E-state index contributed by atoms with van der Waals surface area (Å²) in [6.45, 7) is 8.20. The van der Waals surface area contributed by atoms with Crippen molar-refractivity contribution < 1.29 is 0 Å². The van der Waals surface area contributed by atoms with Gasteiger partial charge >= 0.3 is 0 Å². The van der Waals surface area contributed by atoms with E-state index in [9.17, 15) is 0 Å². The van der Waals surface area contributed by atoms with Gasteiger partial charge in [0.1, 0.15) is 5.69 Å². The molecule has 94 valence electrons. The molecule has 0 amide bonds. The highest BCUT2D eigenvalue weighted by molar-refractivity contribution is 6.30. The van der Waals surface area contributed by atoms with Gasteiger partial charge in [0.05, 0.1) is 0 Å². The fourth-order valence-electron chi connectivity index (χ4n) is 1.99. The molecule has 0 aliphatic carbocycles. The van der Waals surface area contributed by atoms with Gasteiger partial charge < -0.3 is 4.90 Å². The van der Waals surface area contributed by atoms with Gasteiger partial charge in [0.25, 0.3) is 0 Å². The van der Waals surface area contributed by atoms with E-state index in [1.165, 1.54) is 19.3 Å². The number of hydrogen-bond acceptors (Lipinski definition) is 4. The third-order valence-corrected chi connectivity index (χ3v) is 3.25. The van der Waals surface area contributed by atoms with Gasteiger partial charge in [0, 0.05) is 18.5 Å². The van der Waals surface area contributed by atoms with Crippen LogP contribution in [0.25, 0.3) is 0 Å². The largest absolute Gasteiger partial charge is 0.339 e. The van der Waals surface area contributed by atoms with Crippen molar-refractivity contribution in [2.24, 2.45) is 0 Å². The van der Waals surface area contributed by atoms with Gasteiger partial charge in [0.2, 0.25) is 5.95 Å². The van der Waals surface area contributed by atoms with Crippen LogP contribution in [0, 0.1) is 0 Å². The number of hydrogen-bond donors (Lipinski definition) is 0. The van der Waals surface area contributed by atoms with E-state index >= 15 is 0 Å². The van der Waals surface area contributed by atoms with Gasteiger partial charge in [-0.05, 0) is 19.3 Å². The van der Waals surface area contributed by atoms with Crippen molar-refractivity contribution in [3.8, 4) is 0 Å². The smallest absolute Gasteiger partial charge is 0.246 e. The van der Waals surface area contributed by atoms with Gasteiger partial charge in [-0.1, -0.05) is 32.4 Å². The minimum absolute atomic E-state index is 0.114. The number of piperidine rings is 1. The normalized spacial score (nSPS) is 17.3. The number of rotatable bonds is 1. The maximum atomic E-state index is 6.19. The van der Waals surface area contributed by atoms with Crippen molar-refractivity contribution in [2.75, 3.05) is 18.0 Å². The molecular weight excluding hydrogens is 236 g/mol. The summed E-state index contributed by atoms with van der Waals surface area (Å²) in [6, 6.07) is 0. The molecular formula is C12H19ClN4. The Morgan fingerprint density at radius 2 is 1.71 bits per heavy atom. The van der Waals surface area contributed by atoms with E-state index in [1.807, 2.05) is 0 Å². The van der Waals surface area contributed by atoms with Crippen molar-refractivity contribution in [3.05, 3.63) is 10.8 Å². The van der Waals surface area contributed by atoms with Crippen LogP contribution in [0.15, 0.2) is 0 Å². The summed E-state index contributed by atoms with van der Waals surface area (Å²) in [7, 11) is 0. The van der Waals surface area contributed by atoms with Crippen LogP contribution < -0.4 is 4.90 Å². The molecule has 0 atom stereocenters. The second kappa shape index (κ2) is 4.77. The summed E-state index contributed by atoms with van der Waals surface area (Å²) in [4.78, 5) is 6.54. The average molecular weight is 255 g/mol. The van der Waals surface area contributed by atoms with Crippen LogP contribution in [-0.4, -0.2) is 28.3 Å². The molecule has 0 N–H and O–H groups in total. The topological polar surface area (TPSA) is 41.9 Å². The van der Waals surface area contributed by atoms with Gasteiger partial charge in [-0.25, -0.2) is 0 Å². The minimum Gasteiger partial charge on any atom is -0.339 e. The van der Waals surface area contributed by atoms with Crippen molar-refractivity contribution in [1.82, 2.24) is 15.2 Å². The molecule has 1 aromatic rings. The molecule has 0 saturated carbocycles. The Kier molecular flexibility index (Phi) is 3.52. The lowest BCUT2D eigenvalue weighted by molar-refractivity contribution is 0.540. The van der Waals surface area contributed by atoms with Crippen LogP contribution in [0.4, 0.5) is 5.95 Å². The highest BCUT2D eigenvalue weighted by atomic mass is 35.5. The van der Waals surface area contributed by atoms with Gasteiger partial charge in [-0.2, -0.15) is 4.98 Å². The van der Waals surface area contributed by atoms with Crippen LogP contribution in [0.3, 0.4) is 0 Å². The molecule has 1 aliphatic heterocycles. The van der Waals surface area contributed by atoms with Gasteiger partial charge in [-0.15, -0.1) is 10.2 Å². The number of halogens is 1. The van der Waals surface area contributed by atoms with Crippen LogP contribution in [0.1, 0.15) is 45.7 Å². The molecule has 5 heteroatoms. The first-order valence-electron chi connectivity index (χ1n) is 6.14. The fourth-order valence-corrected chi connectivity index (χ4v) is 2.38. The Bertz CT molecular complexity index is 394. The van der Waals surface area contributed by atoms with Crippen LogP contribution in [0.5, 0.6) is 0 Å². The molecule has 1 saturated heterocycles. The summed E-state index contributed by atoms with van der Waals surface area (Å²) in [5, 5.41) is 8.93. The molecule has 2 rings (SSSR count). The first-order chi connectivity index (χ1) is 7.98. The predicted molar refractivity (Wildman–Crippen MR) is 69.6 cm³/mol. The monoisotopic (exact) mass is 254 g/mol. The van der Waals surface area contributed by atoms with Gasteiger partial charge in [0.15, 0.2) is 5.15 Å². The van der Waals surface area contributed by atoms with Gasteiger partial charge in [-0.3, -0.25) is 0 Å². The van der Waals surface area contributed by atoms with Crippen LogP contribution in [-0.2, 0) is 5.41 Å². The molecule has 17 heavy (non-hydrogen) atoms. The first-order valence-corrected chi connectivity index (χ1v) is 6.52. The van der Waals surface area contributed by atoms with E-state index in [0.29, 0.717) is 11.1 Å². The van der Waals surface area contributed by atoms with E-state index in [2.05, 4.69) is 40.9 Å². The van der Waals surface area contributed by atoms with Crippen molar-refractivity contribution in [1.29, 1.82) is 0 Å². The Hall–Kier alpha value is -0.900. The standard InChI is InChI=1S/C12H19ClN4/c1-12(2,3)9-10(13)14-11(16-15-9)17-7-5-4-6-8-17/h4-8H2,1-3H3. The summed E-state index contributed by atoms with van der Waals surface area (Å²) in [5.41, 5.74) is 0.650. The highest BCUT2D eigenvalue weighted by Gasteiger charge is 2.23. The summed E-state index contributed by atoms with van der Waals surface area (Å²) >= 11 is 6.19. The first kappa shape index (κ1) is 12.6. The number of aromatic nitrogens is 3. The third kappa shape index (κ3) is 2.86. The molecule has 2 heterocycles. The third-order valence-electron chi connectivity index (χ3n) is 2.98. The second-order valence-corrected chi connectivity index (χ2v) is 5.91. The van der Waals surface area contributed by atoms with Crippen molar-refractivity contribution >= 4 is 17.5 Å². The average Bonchev–Trinajstić information content (AvgIpc) is 2.28. The number of nitrogens with zero attached hydrogens (tertiary/aromatic N) is 4. The SMILES string of the molecule is CC(C)(C)c1nnc(N2CCCCC2)nc1Cl. The summed E-state index contributed by atoms with van der Waals surface area (Å²) in [6.07, 6.45) is 3.68. The van der Waals surface area contributed by atoms with E-state index in [-0.39, 0.29) is 5.41 Å². The predicted octanol–water partition coefficient (Wildman–Crippen LogP) is 2.81. The van der Waals surface area contributed by atoms with Crippen molar-refractivity contribution in [2.45, 2.75) is 45.4 Å². The Morgan fingerprint density at radius 3 is 2.24 bits per heavy atom. The molecule has 1 aliphatic rings. The fraction of sp³-hybridized carbons (Fsp3) is 0.750. The Morgan fingerprint density at radius 1 is 1.06 bits per heavy atom. The van der Waals surface area contributed by atoms with Crippen molar-refractivity contribution in [3.63, 3.8) is 0 Å². The van der Waals surface area contributed by atoms with E-state index in [4.69, 9.17) is 11.6 Å². The molecule has 1 fully saturated rings. The zero-order chi connectivity index (χ0) is 12.5. The molecule has 4 nitrogen and oxygen atoms in total. The molecule has 1 aromatic heterocycles. The maximum Gasteiger partial charge on any atom is 0.246 e. The van der Waals surface area contributed by atoms with E-state index in [0.717, 1.165) is 18.8 Å². The highest BCUT2D eigenvalue weighted by Crippen LogP contribution is 2.27.